The predicted octanol–water partition coefficient (Wildman–Crippen LogP) is 7.37. The summed E-state index contributed by atoms with van der Waals surface area (Å²) >= 11 is 0. The van der Waals surface area contributed by atoms with E-state index in [9.17, 15) is 0 Å². The molecule has 0 fully saturated rings. The van der Waals surface area contributed by atoms with Gasteiger partial charge in [0.05, 0.1) is 12.9 Å². The molecule has 1 aliphatic heterocycles. The Hall–Kier alpha value is -0.530. The minimum Gasteiger partial charge on any atom is -0.358 e. The van der Waals surface area contributed by atoms with Gasteiger partial charge in [-0.1, -0.05) is 110 Å². The average Bonchev–Trinajstić information content (AvgIpc) is 3.16. The minimum absolute atomic E-state index is 0.692. The van der Waals surface area contributed by atoms with Crippen LogP contribution in [0.15, 0.2) is 4.99 Å². The highest BCUT2D eigenvalue weighted by Crippen LogP contribution is 2.15. The van der Waals surface area contributed by atoms with E-state index in [4.69, 9.17) is 0 Å². The molecule has 0 spiro atoms. The molecule has 1 aliphatic rings. The SMILES string of the molecule is CCCCCCCCCCCCCCCCCCC(C)N1C=NCC1. The molecule has 0 aromatic carbocycles. The predicted molar refractivity (Wildman–Crippen MR) is 114 cm³/mol. The second kappa shape index (κ2) is 16.9. The molecule has 1 heterocycles. The fraction of sp³-hybridized carbons (Fsp3) is 0.957. The Labute approximate surface area is 158 Å². The molecule has 0 amide bonds. The van der Waals surface area contributed by atoms with Crippen molar-refractivity contribution in [3.8, 4) is 0 Å². The molecular weight excluding hydrogens is 304 g/mol. The van der Waals surface area contributed by atoms with Crippen molar-refractivity contribution in [2.45, 2.75) is 129 Å². The monoisotopic (exact) mass is 350 g/mol. The standard InChI is InChI=1S/C23H46N2/c1-3-4-5-6-7-8-9-10-11-12-13-14-15-16-17-18-19-23(2)25-21-20-24-22-25/h22-23H,3-21H2,1-2H3. The van der Waals surface area contributed by atoms with Crippen LogP contribution in [0.3, 0.4) is 0 Å². The van der Waals surface area contributed by atoms with Crippen LogP contribution >= 0.6 is 0 Å². The van der Waals surface area contributed by atoms with E-state index in [0.717, 1.165) is 13.1 Å². The van der Waals surface area contributed by atoms with Gasteiger partial charge in [0.25, 0.3) is 0 Å². The Bertz CT molecular complexity index is 300. The third kappa shape index (κ3) is 13.3. The van der Waals surface area contributed by atoms with Gasteiger partial charge in [-0.2, -0.15) is 0 Å². The molecule has 0 aliphatic carbocycles. The van der Waals surface area contributed by atoms with E-state index in [1.165, 1.54) is 109 Å². The minimum atomic E-state index is 0.692. The maximum Gasteiger partial charge on any atom is 0.0853 e. The third-order valence-electron chi connectivity index (χ3n) is 5.76. The second-order valence-electron chi connectivity index (χ2n) is 8.20. The zero-order chi connectivity index (χ0) is 18.0. The van der Waals surface area contributed by atoms with Crippen molar-refractivity contribution in [1.29, 1.82) is 0 Å². The highest BCUT2D eigenvalue weighted by atomic mass is 15.2. The Morgan fingerprint density at radius 1 is 0.720 bits per heavy atom. The summed E-state index contributed by atoms with van der Waals surface area (Å²) in [6, 6.07) is 0.692. The first-order valence-electron chi connectivity index (χ1n) is 11.6. The van der Waals surface area contributed by atoms with Crippen LogP contribution in [0, 0.1) is 0 Å². The fourth-order valence-corrected chi connectivity index (χ4v) is 3.88. The number of rotatable bonds is 18. The maximum absolute atomic E-state index is 4.31. The highest BCUT2D eigenvalue weighted by molar-refractivity contribution is 5.57. The summed E-state index contributed by atoms with van der Waals surface area (Å²) in [5.41, 5.74) is 0. The molecule has 0 saturated heterocycles. The van der Waals surface area contributed by atoms with Gasteiger partial charge in [0.1, 0.15) is 0 Å². The molecule has 0 radical (unpaired) electrons. The van der Waals surface area contributed by atoms with Gasteiger partial charge < -0.3 is 4.90 Å². The molecule has 0 saturated carbocycles. The normalized spacial score (nSPS) is 15.2. The van der Waals surface area contributed by atoms with Crippen LogP contribution in [0.2, 0.25) is 0 Å². The first kappa shape index (κ1) is 22.5. The molecule has 25 heavy (non-hydrogen) atoms. The van der Waals surface area contributed by atoms with Gasteiger partial charge in [-0.25, -0.2) is 0 Å². The number of aliphatic imine (C=N–C) groups is 1. The van der Waals surface area contributed by atoms with Crippen LogP contribution in [0.5, 0.6) is 0 Å². The quantitative estimate of drug-likeness (QED) is 0.236. The lowest BCUT2D eigenvalue weighted by Gasteiger charge is -2.22. The molecule has 148 valence electrons. The molecule has 0 aromatic rings. The van der Waals surface area contributed by atoms with Crippen LogP contribution < -0.4 is 0 Å². The van der Waals surface area contributed by atoms with Gasteiger partial charge in [0, 0.05) is 12.6 Å². The molecule has 1 atom stereocenters. The molecule has 0 bridgehead atoms. The summed E-state index contributed by atoms with van der Waals surface area (Å²) in [5.74, 6) is 0. The van der Waals surface area contributed by atoms with Crippen LogP contribution in [-0.2, 0) is 0 Å². The fourth-order valence-electron chi connectivity index (χ4n) is 3.88. The molecule has 0 aromatic heterocycles. The van der Waals surface area contributed by atoms with E-state index >= 15 is 0 Å². The first-order chi connectivity index (χ1) is 12.3. The van der Waals surface area contributed by atoms with E-state index < -0.39 is 0 Å². The van der Waals surface area contributed by atoms with Crippen molar-refractivity contribution in [2.24, 2.45) is 4.99 Å². The summed E-state index contributed by atoms with van der Waals surface area (Å²) in [7, 11) is 0. The van der Waals surface area contributed by atoms with Crippen molar-refractivity contribution >= 4 is 6.34 Å². The van der Waals surface area contributed by atoms with E-state index in [1.54, 1.807) is 0 Å². The van der Waals surface area contributed by atoms with Crippen LogP contribution in [-0.4, -0.2) is 30.4 Å². The largest absolute Gasteiger partial charge is 0.358 e. The lowest BCUT2D eigenvalue weighted by molar-refractivity contribution is 0.337. The summed E-state index contributed by atoms with van der Waals surface area (Å²) in [6.45, 7) is 6.79. The van der Waals surface area contributed by atoms with Gasteiger partial charge in [-0.3, -0.25) is 4.99 Å². The van der Waals surface area contributed by atoms with E-state index in [-0.39, 0.29) is 0 Å². The maximum atomic E-state index is 4.31. The molecule has 0 N–H and O–H groups in total. The van der Waals surface area contributed by atoms with Gasteiger partial charge >= 0.3 is 0 Å². The third-order valence-corrected chi connectivity index (χ3v) is 5.76. The van der Waals surface area contributed by atoms with Crippen molar-refractivity contribution in [2.75, 3.05) is 13.1 Å². The van der Waals surface area contributed by atoms with Gasteiger partial charge in [0.15, 0.2) is 0 Å². The Kier molecular flexibility index (Phi) is 15.2. The van der Waals surface area contributed by atoms with E-state index in [1.807, 2.05) is 0 Å². The van der Waals surface area contributed by atoms with Crippen molar-refractivity contribution in [3.63, 3.8) is 0 Å². The number of hydrogen-bond acceptors (Lipinski definition) is 2. The lowest BCUT2D eigenvalue weighted by Crippen LogP contribution is -2.30. The van der Waals surface area contributed by atoms with Crippen LogP contribution in [0.4, 0.5) is 0 Å². The Morgan fingerprint density at radius 2 is 1.16 bits per heavy atom. The Balaban J connectivity index is 1.70. The number of nitrogens with zero attached hydrogens (tertiary/aromatic N) is 2. The van der Waals surface area contributed by atoms with Gasteiger partial charge in [-0.05, 0) is 13.3 Å². The topological polar surface area (TPSA) is 15.6 Å². The highest BCUT2D eigenvalue weighted by Gasteiger charge is 2.12. The van der Waals surface area contributed by atoms with Crippen LogP contribution in [0.1, 0.15) is 123 Å². The number of hydrogen-bond donors (Lipinski definition) is 0. The number of unbranched alkanes of at least 4 members (excludes halogenated alkanes) is 15. The molecular formula is C23H46N2. The van der Waals surface area contributed by atoms with Crippen molar-refractivity contribution in [3.05, 3.63) is 0 Å². The summed E-state index contributed by atoms with van der Waals surface area (Å²) in [5, 5.41) is 0. The Morgan fingerprint density at radius 3 is 1.56 bits per heavy atom. The first-order valence-corrected chi connectivity index (χ1v) is 11.6. The van der Waals surface area contributed by atoms with Crippen LogP contribution in [0.25, 0.3) is 0 Å². The molecule has 1 rings (SSSR count). The van der Waals surface area contributed by atoms with E-state index in [0.29, 0.717) is 6.04 Å². The summed E-state index contributed by atoms with van der Waals surface area (Å²) in [6.07, 6.45) is 26.6. The smallest absolute Gasteiger partial charge is 0.0853 e. The average molecular weight is 351 g/mol. The zero-order valence-corrected chi connectivity index (χ0v) is 17.5. The summed E-state index contributed by atoms with van der Waals surface area (Å²) < 4.78 is 0. The molecule has 1 unspecified atom stereocenters. The van der Waals surface area contributed by atoms with Crippen molar-refractivity contribution < 1.29 is 0 Å². The lowest BCUT2D eigenvalue weighted by atomic mass is 10.0. The molecule has 2 heteroatoms. The van der Waals surface area contributed by atoms with Gasteiger partial charge in [-0.15, -0.1) is 0 Å². The second-order valence-corrected chi connectivity index (χ2v) is 8.20. The zero-order valence-electron chi connectivity index (χ0n) is 17.5. The molecule has 2 nitrogen and oxygen atoms in total. The van der Waals surface area contributed by atoms with Crippen molar-refractivity contribution in [1.82, 2.24) is 4.90 Å². The van der Waals surface area contributed by atoms with Gasteiger partial charge in [0.2, 0.25) is 0 Å². The van der Waals surface area contributed by atoms with E-state index in [2.05, 4.69) is 30.1 Å². The summed E-state index contributed by atoms with van der Waals surface area (Å²) in [4.78, 5) is 6.72.